The Bertz CT molecular complexity index is 473. The van der Waals surface area contributed by atoms with Gasteiger partial charge in [0, 0.05) is 19.1 Å². The second kappa shape index (κ2) is 5.82. The second-order valence-electron chi connectivity index (χ2n) is 4.71. The van der Waals surface area contributed by atoms with E-state index in [0.717, 1.165) is 18.4 Å². The average Bonchev–Trinajstić information content (AvgIpc) is 2.37. The van der Waals surface area contributed by atoms with Crippen LogP contribution in [0.4, 0.5) is 0 Å². The van der Waals surface area contributed by atoms with Crippen molar-refractivity contribution in [1.82, 2.24) is 4.31 Å². The zero-order chi connectivity index (χ0) is 13.0. The number of hydrogen-bond donors (Lipinski definition) is 1. The first kappa shape index (κ1) is 13.5. The predicted molar refractivity (Wildman–Crippen MR) is 72.7 cm³/mol. The summed E-state index contributed by atoms with van der Waals surface area (Å²) in [5, 5.41) is 0. The maximum atomic E-state index is 12.0. The third-order valence-corrected chi connectivity index (χ3v) is 5.38. The van der Waals surface area contributed by atoms with Gasteiger partial charge in [-0.15, -0.1) is 0 Å². The van der Waals surface area contributed by atoms with Crippen LogP contribution in [0.15, 0.2) is 30.3 Å². The van der Waals surface area contributed by atoms with Crippen LogP contribution in [-0.2, 0) is 16.4 Å². The summed E-state index contributed by atoms with van der Waals surface area (Å²) >= 11 is 0. The molecule has 0 bridgehead atoms. The lowest BCUT2D eigenvalue weighted by Gasteiger charge is -2.33. The van der Waals surface area contributed by atoms with Crippen LogP contribution in [0.2, 0.25) is 0 Å². The van der Waals surface area contributed by atoms with E-state index < -0.39 is 10.0 Å². The summed E-state index contributed by atoms with van der Waals surface area (Å²) in [7, 11) is -3.10. The highest BCUT2D eigenvalue weighted by atomic mass is 32.2. The van der Waals surface area contributed by atoms with Crippen molar-refractivity contribution >= 4 is 10.0 Å². The molecule has 1 aromatic carbocycles. The highest BCUT2D eigenvalue weighted by molar-refractivity contribution is 7.89. The van der Waals surface area contributed by atoms with Gasteiger partial charge in [-0.3, -0.25) is 0 Å². The molecule has 1 aromatic rings. The maximum absolute atomic E-state index is 12.0. The van der Waals surface area contributed by atoms with Crippen LogP contribution in [0.25, 0.3) is 0 Å². The first-order chi connectivity index (χ1) is 8.63. The van der Waals surface area contributed by atoms with E-state index in [0.29, 0.717) is 19.5 Å². The summed E-state index contributed by atoms with van der Waals surface area (Å²) in [4.78, 5) is 0. The average molecular weight is 268 g/mol. The first-order valence-corrected chi connectivity index (χ1v) is 7.98. The van der Waals surface area contributed by atoms with Crippen LogP contribution in [0.3, 0.4) is 0 Å². The Morgan fingerprint density at radius 2 is 1.94 bits per heavy atom. The van der Waals surface area contributed by atoms with Crippen LogP contribution >= 0.6 is 0 Å². The Hall–Kier alpha value is -0.910. The molecule has 1 atom stereocenters. The second-order valence-corrected chi connectivity index (χ2v) is 6.75. The smallest absolute Gasteiger partial charge is 0.214 e. The molecule has 1 aliphatic heterocycles. The molecule has 0 radical (unpaired) electrons. The van der Waals surface area contributed by atoms with Gasteiger partial charge in [0.15, 0.2) is 0 Å². The summed E-state index contributed by atoms with van der Waals surface area (Å²) in [6.45, 7) is 0.977. The summed E-state index contributed by atoms with van der Waals surface area (Å²) < 4.78 is 25.7. The van der Waals surface area contributed by atoms with Gasteiger partial charge < -0.3 is 5.73 Å². The Balaban J connectivity index is 2.13. The van der Waals surface area contributed by atoms with Crippen molar-refractivity contribution in [3.8, 4) is 0 Å². The molecule has 0 aliphatic carbocycles. The molecule has 2 rings (SSSR count). The quantitative estimate of drug-likeness (QED) is 0.885. The van der Waals surface area contributed by atoms with E-state index in [9.17, 15) is 8.42 Å². The fourth-order valence-corrected chi connectivity index (χ4v) is 4.23. The van der Waals surface area contributed by atoms with Crippen LogP contribution in [0, 0.1) is 0 Å². The highest BCUT2D eigenvalue weighted by Crippen LogP contribution is 2.19. The van der Waals surface area contributed by atoms with Crippen LogP contribution in [0.5, 0.6) is 0 Å². The minimum absolute atomic E-state index is 0.113. The highest BCUT2D eigenvalue weighted by Gasteiger charge is 2.31. The SMILES string of the molecule is NCC(Cc1ccccc1)N1CCCCS1(=O)=O. The predicted octanol–water partition coefficient (Wildman–Crippen LogP) is 0.982. The van der Waals surface area contributed by atoms with Gasteiger partial charge in [0.25, 0.3) is 0 Å². The van der Waals surface area contributed by atoms with Crippen molar-refractivity contribution in [3.63, 3.8) is 0 Å². The van der Waals surface area contributed by atoms with Gasteiger partial charge in [0.05, 0.1) is 5.75 Å². The Morgan fingerprint density at radius 1 is 1.22 bits per heavy atom. The standard InChI is InChI=1S/C13H20N2O2S/c14-11-13(10-12-6-2-1-3-7-12)15-8-4-5-9-18(15,16)17/h1-3,6-7,13H,4-5,8-11,14H2. The molecule has 1 heterocycles. The van der Waals surface area contributed by atoms with Gasteiger partial charge in [-0.05, 0) is 24.8 Å². The molecule has 1 unspecified atom stereocenters. The van der Waals surface area contributed by atoms with Gasteiger partial charge in [-0.2, -0.15) is 4.31 Å². The summed E-state index contributed by atoms with van der Waals surface area (Å²) in [6, 6.07) is 9.80. The zero-order valence-electron chi connectivity index (χ0n) is 10.5. The normalized spacial score (nSPS) is 21.6. The van der Waals surface area contributed by atoms with Crippen molar-refractivity contribution in [2.24, 2.45) is 5.73 Å². The molecule has 0 spiro atoms. The summed E-state index contributed by atoms with van der Waals surface area (Å²) in [5.74, 6) is 0.262. The van der Waals surface area contributed by atoms with Crippen LogP contribution in [0.1, 0.15) is 18.4 Å². The molecule has 100 valence electrons. The van der Waals surface area contributed by atoms with Crippen LogP contribution < -0.4 is 5.73 Å². The molecule has 5 heteroatoms. The first-order valence-electron chi connectivity index (χ1n) is 6.37. The van der Waals surface area contributed by atoms with E-state index in [1.54, 1.807) is 4.31 Å². The van der Waals surface area contributed by atoms with Gasteiger partial charge in [-0.1, -0.05) is 30.3 Å². The Kier molecular flexibility index (Phi) is 4.37. The topological polar surface area (TPSA) is 63.4 Å². The number of nitrogens with two attached hydrogens (primary N) is 1. The van der Waals surface area contributed by atoms with Crippen molar-refractivity contribution < 1.29 is 8.42 Å². The molecule has 0 saturated carbocycles. The largest absolute Gasteiger partial charge is 0.329 e. The maximum Gasteiger partial charge on any atom is 0.214 e. The number of nitrogens with zero attached hydrogens (tertiary/aromatic N) is 1. The minimum Gasteiger partial charge on any atom is -0.329 e. The fraction of sp³-hybridized carbons (Fsp3) is 0.538. The lowest BCUT2D eigenvalue weighted by atomic mass is 10.1. The van der Waals surface area contributed by atoms with Gasteiger partial charge in [-0.25, -0.2) is 8.42 Å². The third-order valence-electron chi connectivity index (χ3n) is 3.38. The molecule has 2 N–H and O–H groups in total. The fourth-order valence-electron chi connectivity index (χ4n) is 2.41. The molecule has 0 amide bonds. The lowest BCUT2D eigenvalue weighted by Crippen LogP contribution is -2.49. The van der Waals surface area contributed by atoms with Gasteiger partial charge in [0.2, 0.25) is 10.0 Å². The van der Waals surface area contributed by atoms with Crippen molar-refractivity contribution in [2.75, 3.05) is 18.8 Å². The van der Waals surface area contributed by atoms with Crippen molar-refractivity contribution in [1.29, 1.82) is 0 Å². The minimum atomic E-state index is -3.10. The van der Waals surface area contributed by atoms with E-state index >= 15 is 0 Å². The molecule has 1 fully saturated rings. The number of sulfonamides is 1. The van der Waals surface area contributed by atoms with Crippen LogP contribution in [-0.4, -0.2) is 37.6 Å². The van der Waals surface area contributed by atoms with E-state index in [4.69, 9.17) is 5.73 Å². The molecule has 0 aromatic heterocycles. The van der Waals surface area contributed by atoms with Crippen molar-refractivity contribution in [3.05, 3.63) is 35.9 Å². The monoisotopic (exact) mass is 268 g/mol. The summed E-state index contributed by atoms with van der Waals surface area (Å²) in [5.41, 5.74) is 6.90. The molecular formula is C13H20N2O2S. The Morgan fingerprint density at radius 3 is 2.56 bits per heavy atom. The van der Waals surface area contributed by atoms with E-state index in [1.807, 2.05) is 30.3 Å². The van der Waals surface area contributed by atoms with Gasteiger partial charge >= 0.3 is 0 Å². The molecular weight excluding hydrogens is 248 g/mol. The zero-order valence-corrected chi connectivity index (χ0v) is 11.3. The molecule has 1 aliphatic rings. The number of hydrogen-bond acceptors (Lipinski definition) is 3. The third kappa shape index (κ3) is 3.10. The molecule has 18 heavy (non-hydrogen) atoms. The van der Waals surface area contributed by atoms with E-state index in [2.05, 4.69) is 0 Å². The van der Waals surface area contributed by atoms with Crippen molar-refractivity contribution in [2.45, 2.75) is 25.3 Å². The Labute approximate surface area is 109 Å². The lowest BCUT2D eigenvalue weighted by molar-refractivity contribution is 0.303. The van der Waals surface area contributed by atoms with E-state index in [-0.39, 0.29) is 11.8 Å². The van der Waals surface area contributed by atoms with E-state index in [1.165, 1.54) is 0 Å². The number of rotatable bonds is 4. The number of benzene rings is 1. The summed E-state index contributed by atoms with van der Waals surface area (Å²) in [6.07, 6.45) is 2.39. The molecule has 4 nitrogen and oxygen atoms in total. The molecule has 1 saturated heterocycles. The van der Waals surface area contributed by atoms with Gasteiger partial charge in [0.1, 0.15) is 0 Å².